The average molecular weight is 248 g/mol. The summed E-state index contributed by atoms with van der Waals surface area (Å²) in [6.07, 6.45) is 3.81. The third-order valence-corrected chi connectivity index (χ3v) is 2.37. The van der Waals surface area contributed by atoms with Gasteiger partial charge < -0.3 is 10.0 Å². The van der Waals surface area contributed by atoms with Gasteiger partial charge in [0.25, 0.3) is 5.91 Å². The number of hydrogen-bond donors (Lipinski definition) is 1. The third-order valence-electron chi connectivity index (χ3n) is 2.37. The predicted octanol–water partition coefficient (Wildman–Crippen LogP) is 1.82. The fourth-order valence-electron chi connectivity index (χ4n) is 1.60. The van der Waals surface area contributed by atoms with Crippen LogP contribution in [0.15, 0.2) is 31.0 Å². The summed E-state index contributed by atoms with van der Waals surface area (Å²) in [5.74, 6) is -1.53. The lowest BCUT2D eigenvalue weighted by Crippen LogP contribution is -2.33. The molecule has 1 N–H and O–H groups in total. The van der Waals surface area contributed by atoms with E-state index in [-0.39, 0.29) is 17.2 Å². The molecule has 1 amide bonds. The van der Waals surface area contributed by atoms with Crippen LogP contribution in [0.4, 0.5) is 0 Å². The molecule has 0 saturated carbocycles. The van der Waals surface area contributed by atoms with E-state index in [9.17, 15) is 9.59 Å². The number of rotatable bonds is 6. The van der Waals surface area contributed by atoms with Crippen LogP contribution < -0.4 is 0 Å². The van der Waals surface area contributed by atoms with Crippen molar-refractivity contribution in [3.63, 3.8) is 0 Å². The Morgan fingerprint density at radius 2 is 2.28 bits per heavy atom. The number of carboxylic acid groups (broad SMARTS) is 1. The van der Waals surface area contributed by atoms with Crippen molar-refractivity contribution in [2.75, 3.05) is 13.1 Å². The summed E-state index contributed by atoms with van der Waals surface area (Å²) in [7, 11) is 0. The molecule has 18 heavy (non-hydrogen) atoms. The molecule has 0 fully saturated rings. The molecule has 0 radical (unpaired) electrons. The summed E-state index contributed by atoms with van der Waals surface area (Å²) in [4.78, 5) is 28.6. The number of nitrogens with zero attached hydrogens (tertiary/aromatic N) is 2. The van der Waals surface area contributed by atoms with Crippen molar-refractivity contribution in [3.8, 4) is 0 Å². The van der Waals surface area contributed by atoms with Gasteiger partial charge in [0.15, 0.2) is 0 Å². The zero-order valence-electron chi connectivity index (χ0n) is 10.3. The van der Waals surface area contributed by atoms with Gasteiger partial charge in [0.05, 0.1) is 5.56 Å². The minimum absolute atomic E-state index is 0.0275. The van der Waals surface area contributed by atoms with Crippen LogP contribution in [0.3, 0.4) is 0 Å². The number of aromatic nitrogens is 1. The van der Waals surface area contributed by atoms with E-state index in [1.54, 1.807) is 6.08 Å². The normalized spacial score (nSPS) is 9.83. The summed E-state index contributed by atoms with van der Waals surface area (Å²) in [6, 6.07) is 2.87. The SMILES string of the molecule is C=CCN(CCC)C(=O)c1ncccc1C(=O)O. The van der Waals surface area contributed by atoms with Crippen LogP contribution in [0, 0.1) is 0 Å². The second-order valence-electron chi connectivity index (χ2n) is 3.74. The van der Waals surface area contributed by atoms with E-state index < -0.39 is 5.97 Å². The predicted molar refractivity (Wildman–Crippen MR) is 67.6 cm³/mol. The van der Waals surface area contributed by atoms with Crippen molar-refractivity contribution in [3.05, 3.63) is 42.2 Å². The van der Waals surface area contributed by atoms with Gasteiger partial charge in [-0.15, -0.1) is 6.58 Å². The lowest BCUT2D eigenvalue weighted by Gasteiger charge is -2.20. The molecule has 0 bridgehead atoms. The fourth-order valence-corrected chi connectivity index (χ4v) is 1.60. The van der Waals surface area contributed by atoms with E-state index in [1.807, 2.05) is 6.92 Å². The second-order valence-corrected chi connectivity index (χ2v) is 3.74. The first-order valence-corrected chi connectivity index (χ1v) is 5.70. The van der Waals surface area contributed by atoms with Gasteiger partial charge in [-0.05, 0) is 18.6 Å². The third kappa shape index (κ3) is 3.16. The summed E-state index contributed by atoms with van der Waals surface area (Å²) in [5, 5.41) is 9.03. The highest BCUT2D eigenvalue weighted by atomic mass is 16.4. The molecule has 0 atom stereocenters. The lowest BCUT2D eigenvalue weighted by molar-refractivity contribution is 0.0676. The maximum absolute atomic E-state index is 12.2. The zero-order chi connectivity index (χ0) is 13.5. The van der Waals surface area contributed by atoms with Gasteiger partial charge in [0.1, 0.15) is 5.69 Å². The number of pyridine rings is 1. The van der Waals surface area contributed by atoms with E-state index in [0.717, 1.165) is 6.42 Å². The van der Waals surface area contributed by atoms with Gasteiger partial charge in [-0.25, -0.2) is 4.79 Å². The van der Waals surface area contributed by atoms with Gasteiger partial charge in [0, 0.05) is 19.3 Å². The van der Waals surface area contributed by atoms with Crippen LogP contribution in [-0.4, -0.2) is 40.0 Å². The monoisotopic (exact) mass is 248 g/mol. The second kappa shape index (κ2) is 6.54. The van der Waals surface area contributed by atoms with Crippen molar-refractivity contribution < 1.29 is 14.7 Å². The first-order chi connectivity index (χ1) is 8.61. The van der Waals surface area contributed by atoms with Gasteiger partial charge in [-0.2, -0.15) is 0 Å². The van der Waals surface area contributed by atoms with E-state index in [1.165, 1.54) is 23.2 Å². The molecule has 5 nitrogen and oxygen atoms in total. The maximum Gasteiger partial charge on any atom is 0.338 e. The Kier molecular flexibility index (Phi) is 5.05. The maximum atomic E-state index is 12.2. The minimum Gasteiger partial charge on any atom is -0.478 e. The number of amides is 1. The van der Waals surface area contributed by atoms with Crippen molar-refractivity contribution in [1.29, 1.82) is 0 Å². The van der Waals surface area contributed by atoms with E-state index in [2.05, 4.69) is 11.6 Å². The molecular formula is C13H16N2O3. The number of carboxylic acids is 1. The van der Waals surface area contributed by atoms with Crippen LogP contribution in [0.25, 0.3) is 0 Å². The summed E-state index contributed by atoms with van der Waals surface area (Å²) < 4.78 is 0. The Hall–Kier alpha value is -2.17. The summed E-state index contributed by atoms with van der Waals surface area (Å²) in [5.41, 5.74) is -0.104. The van der Waals surface area contributed by atoms with Crippen LogP contribution in [-0.2, 0) is 0 Å². The van der Waals surface area contributed by atoms with Crippen LogP contribution >= 0.6 is 0 Å². The molecule has 0 aliphatic rings. The number of carbonyl (C=O) groups excluding carboxylic acids is 1. The molecule has 1 aromatic heterocycles. The van der Waals surface area contributed by atoms with Crippen molar-refractivity contribution >= 4 is 11.9 Å². The molecule has 0 spiro atoms. The first-order valence-electron chi connectivity index (χ1n) is 5.70. The quantitative estimate of drug-likeness (QED) is 0.779. The molecule has 0 aromatic carbocycles. The fraction of sp³-hybridized carbons (Fsp3) is 0.308. The highest BCUT2D eigenvalue weighted by Gasteiger charge is 2.21. The van der Waals surface area contributed by atoms with Gasteiger partial charge >= 0.3 is 5.97 Å². The summed E-state index contributed by atoms with van der Waals surface area (Å²) >= 11 is 0. The molecular weight excluding hydrogens is 232 g/mol. The highest BCUT2D eigenvalue weighted by molar-refractivity contribution is 6.03. The molecule has 0 aliphatic carbocycles. The molecule has 0 saturated heterocycles. The van der Waals surface area contributed by atoms with Crippen molar-refractivity contribution in [1.82, 2.24) is 9.88 Å². The van der Waals surface area contributed by atoms with Crippen molar-refractivity contribution in [2.45, 2.75) is 13.3 Å². The first kappa shape index (κ1) is 13.9. The van der Waals surface area contributed by atoms with Crippen LogP contribution in [0.5, 0.6) is 0 Å². The largest absolute Gasteiger partial charge is 0.478 e. The topological polar surface area (TPSA) is 70.5 Å². The highest BCUT2D eigenvalue weighted by Crippen LogP contribution is 2.09. The molecule has 1 aromatic rings. The number of hydrogen-bond acceptors (Lipinski definition) is 3. The minimum atomic E-state index is -1.15. The van der Waals surface area contributed by atoms with Crippen molar-refractivity contribution in [2.24, 2.45) is 0 Å². The summed E-state index contributed by atoms with van der Waals surface area (Å²) in [6.45, 7) is 6.45. The molecule has 1 rings (SSSR count). The van der Waals surface area contributed by atoms with E-state index >= 15 is 0 Å². The zero-order valence-corrected chi connectivity index (χ0v) is 10.3. The Labute approximate surface area is 106 Å². The standard InChI is InChI=1S/C13H16N2O3/c1-3-8-15(9-4-2)12(16)11-10(13(17)18)6-5-7-14-11/h3,5-7H,1,4,8-9H2,2H3,(H,17,18). The lowest BCUT2D eigenvalue weighted by atomic mass is 10.1. The number of aromatic carboxylic acids is 1. The number of carbonyl (C=O) groups is 2. The van der Waals surface area contributed by atoms with Gasteiger partial charge in [-0.3, -0.25) is 9.78 Å². The Bertz CT molecular complexity index is 457. The Balaban J connectivity index is 3.07. The smallest absolute Gasteiger partial charge is 0.338 e. The van der Waals surface area contributed by atoms with E-state index in [4.69, 9.17) is 5.11 Å². The molecule has 0 unspecified atom stereocenters. The molecule has 5 heteroatoms. The van der Waals surface area contributed by atoms with Gasteiger partial charge in [0.2, 0.25) is 0 Å². The van der Waals surface area contributed by atoms with Crippen LogP contribution in [0.2, 0.25) is 0 Å². The van der Waals surface area contributed by atoms with E-state index in [0.29, 0.717) is 13.1 Å². The Morgan fingerprint density at radius 3 is 2.83 bits per heavy atom. The molecule has 1 heterocycles. The molecule has 0 aliphatic heterocycles. The molecule has 96 valence electrons. The Morgan fingerprint density at radius 1 is 1.56 bits per heavy atom. The van der Waals surface area contributed by atoms with Gasteiger partial charge in [-0.1, -0.05) is 13.0 Å². The van der Waals surface area contributed by atoms with Crippen LogP contribution in [0.1, 0.15) is 34.2 Å². The average Bonchev–Trinajstić information content (AvgIpc) is 2.37.